The Morgan fingerprint density at radius 1 is 1.48 bits per heavy atom. The van der Waals surface area contributed by atoms with Crippen LogP contribution in [0.1, 0.15) is 6.92 Å². The predicted molar refractivity (Wildman–Crippen MR) is 80.0 cm³/mol. The fraction of sp³-hybridized carbons (Fsp3) is 0.308. The molecule has 2 amide bonds. The van der Waals surface area contributed by atoms with Crippen LogP contribution < -0.4 is 15.4 Å². The van der Waals surface area contributed by atoms with E-state index in [1.165, 1.54) is 18.3 Å². The lowest BCUT2D eigenvalue weighted by molar-refractivity contribution is -0.140. The highest BCUT2D eigenvalue weighted by molar-refractivity contribution is 7.22. The van der Waals surface area contributed by atoms with Crippen molar-refractivity contribution >= 4 is 38.7 Å². The second kappa shape index (κ2) is 6.40. The molecule has 3 N–H and O–H groups in total. The lowest BCUT2D eigenvalue weighted by Gasteiger charge is -2.07. The molecule has 1 unspecified atom stereocenters. The molecule has 0 bridgehead atoms. The maximum Gasteiger partial charge on any atom is 0.321 e. The molecule has 21 heavy (non-hydrogen) atoms. The molecule has 0 saturated heterocycles. The van der Waals surface area contributed by atoms with Gasteiger partial charge in [-0.15, -0.1) is 0 Å². The molecule has 0 aliphatic rings. The topological polar surface area (TPSA) is 101 Å². The fourth-order valence-corrected chi connectivity index (χ4v) is 2.45. The molecule has 0 aliphatic carbocycles. The average molecular weight is 309 g/mol. The van der Waals surface area contributed by atoms with E-state index in [1.54, 1.807) is 19.2 Å². The summed E-state index contributed by atoms with van der Waals surface area (Å²) in [6.45, 7) is 1.58. The van der Waals surface area contributed by atoms with Gasteiger partial charge in [0.15, 0.2) is 5.13 Å². The standard InChI is InChI=1S/C13H15N3O4S/c1-7(11(17)18)6-14-12(19)16-13-15-9-4-3-8(20-2)5-10(9)21-13/h3-5,7H,6H2,1-2H3,(H,17,18)(H2,14,15,16,19). The van der Waals surface area contributed by atoms with Crippen molar-refractivity contribution in [2.45, 2.75) is 6.92 Å². The van der Waals surface area contributed by atoms with Crippen LogP contribution in [-0.4, -0.2) is 35.7 Å². The second-order valence-corrected chi connectivity index (χ2v) is 5.46. The first kappa shape index (κ1) is 15.0. The van der Waals surface area contributed by atoms with E-state index in [4.69, 9.17) is 9.84 Å². The number of carboxylic acids is 1. The van der Waals surface area contributed by atoms with Gasteiger partial charge in [-0.25, -0.2) is 9.78 Å². The molecule has 7 nitrogen and oxygen atoms in total. The number of methoxy groups -OCH3 is 1. The number of aliphatic carboxylic acids is 1. The first-order valence-electron chi connectivity index (χ1n) is 6.22. The van der Waals surface area contributed by atoms with Gasteiger partial charge in [0, 0.05) is 6.54 Å². The van der Waals surface area contributed by atoms with Gasteiger partial charge in [-0.3, -0.25) is 10.1 Å². The number of anilines is 1. The monoisotopic (exact) mass is 309 g/mol. The summed E-state index contributed by atoms with van der Waals surface area (Å²) >= 11 is 1.32. The lowest BCUT2D eigenvalue weighted by Crippen LogP contribution is -2.34. The number of ether oxygens (including phenoxy) is 1. The van der Waals surface area contributed by atoms with Crippen LogP contribution >= 0.6 is 11.3 Å². The van der Waals surface area contributed by atoms with E-state index in [0.29, 0.717) is 5.13 Å². The van der Waals surface area contributed by atoms with E-state index in [2.05, 4.69) is 15.6 Å². The SMILES string of the molecule is COc1ccc2nc(NC(=O)NCC(C)C(=O)O)sc2c1. The molecule has 8 heteroatoms. The van der Waals surface area contributed by atoms with Crippen LogP contribution in [-0.2, 0) is 4.79 Å². The van der Waals surface area contributed by atoms with Crippen LogP contribution in [0.3, 0.4) is 0 Å². The number of carbonyl (C=O) groups is 2. The summed E-state index contributed by atoms with van der Waals surface area (Å²) in [7, 11) is 1.58. The number of hydrogen-bond acceptors (Lipinski definition) is 5. The van der Waals surface area contributed by atoms with Gasteiger partial charge < -0.3 is 15.2 Å². The summed E-state index contributed by atoms with van der Waals surface area (Å²) in [5.41, 5.74) is 0.759. The minimum atomic E-state index is -0.956. The van der Waals surface area contributed by atoms with Crippen molar-refractivity contribution in [3.05, 3.63) is 18.2 Å². The van der Waals surface area contributed by atoms with Crippen LogP contribution in [0.5, 0.6) is 5.75 Å². The number of rotatable bonds is 5. The molecule has 0 aliphatic heterocycles. The molecule has 2 aromatic rings. The van der Waals surface area contributed by atoms with E-state index in [-0.39, 0.29) is 6.54 Å². The number of hydrogen-bond donors (Lipinski definition) is 3. The number of carboxylic acid groups (broad SMARTS) is 1. The maximum atomic E-state index is 11.7. The Labute approximate surface area is 124 Å². The number of aromatic nitrogens is 1. The van der Waals surface area contributed by atoms with Crippen molar-refractivity contribution in [3.63, 3.8) is 0 Å². The molecule has 1 heterocycles. The summed E-state index contributed by atoms with van der Waals surface area (Å²) in [5.74, 6) is -0.879. The van der Waals surface area contributed by atoms with Crippen LogP contribution in [0.25, 0.3) is 10.2 Å². The van der Waals surface area contributed by atoms with Gasteiger partial charge >= 0.3 is 12.0 Å². The minimum absolute atomic E-state index is 0.0554. The Morgan fingerprint density at radius 2 is 2.24 bits per heavy atom. The Hall–Kier alpha value is -2.35. The Bertz CT molecular complexity index is 670. The van der Waals surface area contributed by atoms with Gasteiger partial charge in [-0.1, -0.05) is 18.3 Å². The maximum absolute atomic E-state index is 11.7. The first-order chi connectivity index (χ1) is 9.99. The molecule has 112 valence electrons. The Balaban J connectivity index is 1.99. The third-order valence-electron chi connectivity index (χ3n) is 2.81. The van der Waals surface area contributed by atoms with Gasteiger partial charge in [0.05, 0.1) is 23.2 Å². The molecule has 1 aromatic carbocycles. The van der Waals surface area contributed by atoms with E-state index < -0.39 is 17.9 Å². The summed E-state index contributed by atoms with van der Waals surface area (Å²) in [4.78, 5) is 26.6. The molecule has 0 radical (unpaired) electrons. The molecule has 2 rings (SSSR count). The van der Waals surface area contributed by atoms with Crippen molar-refractivity contribution in [1.82, 2.24) is 10.3 Å². The number of urea groups is 1. The van der Waals surface area contributed by atoms with Gasteiger partial charge in [0.25, 0.3) is 0 Å². The molecule has 1 atom stereocenters. The smallest absolute Gasteiger partial charge is 0.321 e. The van der Waals surface area contributed by atoms with Gasteiger partial charge in [-0.2, -0.15) is 0 Å². The number of fused-ring (bicyclic) bond motifs is 1. The summed E-state index contributed by atoms with van der Waals surface area (Å²) in [6, 6.07) is 4.96. The Morgan fingerprint density at radius 3 is 2.90 bits per heavy atom. The van der Waals surface area contributed by atoms with Crippen LogP contribution in [0.15, 0.2) is 18.2 Å². The largest absolute Gasteiger partial charge is 0.497 e. The van der Waals surface area contributed by atoms with E-state index in [1.807, 2.05) is 6.07 Å². The third kappa shape index (κ3) is 3.82. The number of nitrogens with zero attached hydrogens (tertiary/aromatic N) is 1. The molecule has 0 spiro atoms. The highest BCUT2D eigenvalue weighted by Crippen LogP contribution is 2.28. The summed E-state index contributed by atoms with van der Waals surface area (Å²) < 4.78 is 6.02. The number of nitrogens with one attached hydrogen (secondary N) is 2. The first-order valence-corrected chi connectivity index (χ1v) is 7.03. The highest BCUT2D eigenvalue weighted by atomic mass is 32.1. The lowest BCUT2D eigenvalue weighted by atomic mass is 10.2. The molecular weight excluding hydrogens is 294 g/mol. The van der Waals surface area contributed by atoms with Gasteiger partial charge in [0.1, 0.15) is 5.75 Å². The minimum Gasteiger partial charge on any atom is -0.497 e. The van der Waals surface area contributed by atoms with Crippen molar-refractivity contribution in [3.8, 4) is 5.75 Å². The predicted octanol–water partition coefficient (Wildman–Crippen LogP) is 2.15. The van der Waals surface area contributed by atoms with E-state index in [9.17, 15) is 9.59 Å². The fourth-order valence-electron chi connectivity index (χ4n) is 1.56. The van der Waals surface area contributed by atoms with Crippen molar-refractivity contribution < 1.29 is 19.4 Å². The zero-order valence-electron chi connectivity index (χ0n) is 11.5. The van der Waals surface area contributed by atoms with E-state index >= 15 is 0 Å². The molecule has 0 saturated carbocycles. The summed E-state index contributed by atoms with van der Waals surface area (Å²) in [6.07, 6.45) is 0. The molecule has 1 aromatic heterocycles. The van der Waals surface area contributed by atoms with Gasteiger partial charge in [-0.05, 0) is 18.2 Å². The third-order valence-corrected chi connectivity index (χ3v) is 3.74. The molecule has 0 fully saturated rings. The number of carbonyl (C=O) groups excluding carboxylic acids is 1. The number of amides is 2. The number of thiazole rings is 1. The molecular formula is C13H15N3O4S. The van der Waals surface area contributed by atoms with E-state index in [0.717, 1.165) is 16.0 Å². The van der Waals surface area contributed by atoms with Crippen molar-refractivity contribution in [2.24, 2.45) is 5.92 Å². The van der Waals surface area contributed by atoms with Crippen LogP contribution in [0.4, 0.5) is 9.93 Å². The van der Waals surface area contributed by atoms with Crippen LogP contribution in [0, 0.1) is 5.92 Å². The highest BCUT2D eigenvalue weighted by Gasteiger charge is 2.13. The van der Waals surface area contributed by atoms with Gasteiger partial charge in [0.2, 0.25) is 0 Å². The Kier molecular flexibility index (Phi) is 4.59. The van der Waals surface area contributed by atoms with Crippen molar-refractivity contribution in [2.75, 3.05) is 19.0 Å². The number of benzene rings is 1. The van der Waals surface area contributed by atoms with Crippen LogP contribution in [0.2, 0.25) is 0 Å². The average Bonchev–Trinajstić information content (AvgIpc) is 2.85. The second-order valence-electron chi connectivity index (χ2n) is 4.43. The van der Waals surface area contributed by atoms with Crippen molar-refractivity contribution in [1.29, 1.82) is 0 Å². The zero-order chi connectivity index (χ0) is 15.4. The normalized spacial score (nSPS) is 11.9. The zero-order valence-corrected chi connectivity index (χ0v) is 12.4. The summed E-state index contributed by atoms with van der Waals surface area (Å²) in [5, 5.41) is 14.3. The quantitative estimate of drug-likeness (QED) is 0.785.